The minimum atomic E-state index is -0.661. The highest BCUT2D eigenvalue weighted by Gasteiger charge is 2.16. The molecule has 0 radical (unpaired) electrons. The van der Waals surface area contributed by atoms with Crippen LogP contribution in [-0.2, 0) is 19.3 Å². The van der Waals surface area contributed by atoms with Crippen LogP contribution in [0.2, 0.25) is 0 Å². The molecule has 160 valence electrons. The molecule has 5 heteroatoms. The van der Waals surface area contributed by atoms with Gasteiger partial charge in [-0.15, -0.1) is 11.3 Å². The zero-order chi connectivity index (χ0) is 21.6. The summed E-state index contributed by atoms with van der Waals surface area (Å²) in [6.45, 7) is 11.0. The first-order valence-corrected chi connectivity index (χ1v) is 11.4. The van der Waals surface area contributed by atoms with Crippen molar-refractivity contribution >= 4 is 17.1 Å². The molecule has 1 heterocycles. The number of benzene rings is 1. The fraction of sp³-hybridized carbons (Fsp3) is 0.542. The molecule has 0 aliphatic heterocycles. The Morgan fingerprint density at radius 2 is 1.97 bits per heavy atom. The number of hydrogen-bond donors (Lipinski definition) is 2. The van der Waals surface area contributed by atoms with E-state index < -0.39 is 6.10 Å². The van der Waals surface area contributed by atoms with Gasteiger partial charge in [0.05, 0.1) is 4.88 Å². The summed E-state index contributed by atoms with van der Waals surface area (Å²) in [5.74, 6) is 1.64. The number of nitrogens with two attached hydrogens (primary N) is 1. The lowest BCUT2D eigenvalue weighted by Gasteiger charge is -2.17. The van der Waals surface area contributed by atoms with Crippen LogP contribution in [0.3, 0.4) is 0 Å². The van der Waals surface area contributed by atoms with Crippen LogP contribution in [0.4, 0.5) is 0 Å². The Morgan fingerprint density at radius 1 is 1.24 bits per heavy atom. The lowest BCUT2D eigenvalue weighted by molar-refractivity contribution is 0.0986. The third-order valence-corrected chi connectivity index (χ3v) is 6.32. The van der Waals surface area contributed by atoms with Crippen molar-refractivity contribution in [2.45, 2.75) is 66.4 Å². The summed E-state index contributed by atoms with van der Waals surface area (Å²) < 4.78 is 5.82. The molecule has 2 rings (SSSR count). The topological polar surface area (TPSA) is 72.5 Å². The van der Waals surface area contributed by atoms with E-state index in [2.05, 4.69) is 45.2 Å². The van der Waals surface area contributed by atoms with Crippen molar-refractivity contribution in [2.24, 2.45) is 11.7 Å². The molecule has 0 saturated carbocycles. The molecule has 0 bridgehead atoms. The average Bonchev–Trinajstić information content (AvgIpc) is 3.04. The van der Waals surface area contributed by atoms with E-state index in [4.69, 9.17) is 10.5 Å². The Kier molecular flexibility index (Phi) is 8.87. The van der Waals surface area contributed by atoms with Gasteiger partial charge in [-0.3, -0.25) is 4.79 Å². The SMILES string of the molecule is CCc1cc(CCC(=O)c2scc(CC(C)C)c2C)cc(C)c1OCC(O)CN. The molecule has 3 N–H and O–H groups in total. The van der Waals surface area contributed by atoms with Crippen molar-refractivity contribution in [2.75, 3.05) is 13.2 Å². The van der Waals surface area contributed by atoms with Gasteiger partial charge >= 0.3 is 0 Å². The van der Waals surface area contributed by atoms with Crippen molar-refractivity contribution in [3.8, 4) is 5.75 Å². The molecular formula is C24H35NO3S. The molecule has 0 aliphatic rings. The monoisotopic (exact) mass is 417 g/mol. The Morgan fingerprint density at radius 3 is 2.59 bits per heavy atom. The summed E-state index contributed by atoms with van der Waals surface area (Å²) in [5.41, 5.74) is 11.2. The maximum atomic E-state index is 12.8. The third kappa shape index (κ3) is 6.39. The summed E-state index contributed by atoms with van der Waals surface area (Å²) in [6.07, 6.45) is 2.42. The smallest absolute Gasteiger partial charge is 0.173 e. The van der Waals surface area contributed by atoms with Crippen molar-refractivity contribution in [1.29, 1.82) is 0 Å². The number of ether oxygens (including phenoxy) is 1. The molecule has 1 atom stereocenters. The number of aliphatic hydroxyl groups is 1. The summed E-state index contributed by atoms with van der Waals surface area (Å²) in [6, 6.07) is 4.21. The molecule has 0 fully saturated rings. The number of ketones is 1. The Balaban J connectivity index is 2.07. The van der Waals surface area contributed by atoms with Crippen LogP contribution in [-0.4, -0.2) is 30.1 Å². The highest BCUT2D eigenvalue weighted by Crippen LogP contribution is 2.29. The van der Waals surface area contributed by atoms with Gasteiger partial charge in [0.15, 0.2) is 5.78 Å². The number of Topliss-reactive ketones (excluding diaryl/α,β-unsaturated/α-hetero) is 1. The van der Waals surface area contributed by atoms with Crippen molar-refractivity contribution < 1.29 is 14.6 Å². The second-order valence-electron chi connectivity index (χ2n) is 8.19. The fourth-order valence-corrected chi connectivity index (χ4v) is 4.60. The average molecular weight is 418 g/mol. The Bertz CT molecular complexity index is 826. The first kappa shape index (κ1) is 23.6. The zero-order valence-corrected chi connectivity index (χ0v) is 19.2. The highest BCUT2D eigenvalue weighted by molar-refractivity contribution is 7.12. The molecule has 29 heavy (non-hydrogen) atoms. The summed E-state index contributed by atoms with van der Waals surface area (Å²) in [4.78, 5) is 13.7. The second kappa shape index (κ2) is 10.9. The van der Waals surface area contributed by atoms with Gasteiger partial charge in [-0.25, -0.2) is 0 Å². The number of rotatable bonds is 11. The quantitative estimate of drug-likeness (QED) is 0.523. The standard InChI is InChI=1S/C24H35NO3S/c1-6-19-11-18(10-16(4)23(19)28-13-21(26)12-25)7-8-22(27)24-17(5)20(14-29-24)9-15(2)3/h10-11,14-15,21,26H,6-9,12-13,25H2,1-5H3. The molecule has 1 aromatic heterocycles. The molecule has 0 aliphatic carbocycles. The van der Waals surface area contributed by atoms with Gasteiger partial charge in [0.2, 0.25) is 0 Å². The van der Waals surface area contributed by atoms with E-state index >= 15 is 0 Å². The Labute approximate surface area is 179 Å². The largest absolute Gasteiger partial charge is 0.490 e. The van der Waals surface area contributed by atoms with Gasteiger partial charge in [-0.1, -0.05) is 32.9 Å². The number of hydrogen-bond acceptors (Lipinski definition) is 5. The van der Waals surface area contributed by atoms with Gasteiger partial charge < -0.3 is 15.6 Å². The van der Waals surface area contributed by atoms with Gasteiger partial charge in [0, 0.05) is 13.0 Å². The number of aryl methyl sites for hydroxylation is 3. The molecule has 4 nitrogen and oxygen atoms in total. The van der Waals surface area contributed by atoms with E-state index in [1.807, 2.05) is 6.92 Å². The number of aliphatic hydroxyl groups excluding tert-OH is 1. The normalized spacial score (nSPS) is 12.4. The van der Waals surface area contributed by atoms with Gasteiger partial charge in [-0.2, -0.15) is 0 Å². The first-order valence-electron chi connectivity index (χ1n) is 10.5. The lowest BCUT2D eigenvalue weighted by atomic mass is 9.97. The van der Waals surface area contributed by atoms with Crippen molar-refractivity contribution in [3.05, 3.63) is 50.2 Å². The summed E-state index contributed by atoms with van der Waals surface area (Å²) in [7, 11) is 0. The molecular weight excluding hydrogens is 382 g/mol. The third-order valence-electron chi connectivity index (χ3n) is 5.15. The molecule has 0 saturated heterocycles. The van der Waals surface area contributed by atoms with Crippen LogP contribution in [0.1, 0.15) is 64.7 Å². The summed E-state index contributed by atoms with van der Waals surface area (Å²) >= 11 is 1.58. The highest BCUT2D eigenvalue weighted by atomic mass is 32.1. The fourth-order valence-electron chi connectivity index (χ4n) is 3.53. The first-order chi connectivity index (χ1) is 13.8. The minimum Gasteiger partial charge on any atom is -0.490 e. The van der Waals surface area contributed by atoms with Gasteiger partial charge in [0.1, 0.15) is 18.5 Å². The van der Waals surface area contributed by atoms with Crippen LogP contribution < -0.4 is 10.5 Å². The zero-order valence-electron chi connectivity index (χ0n) is 18.4. The van der Waals surface area contributed by atoms with E-state index in [1.165, 1.54) is 5.56 Å². The summed E-state index contributed by atoms with van der Waals surface area (Å²) in [5, 5.41) is 11.8. The molecule has 2 aromatic rings. The Hall–Kier alpha value is -1.69. The number of carbonyl (C=O) groups is 1. The van der Waals surface area contributed by atoms with Crippen molar-refractivity contribution in [3.63, 3.8) is 0 Å². The number of carbonyl (C=O) groups excluding carboxylic acids is 1. The molecule has 0 spiro atoms. The predicted octanol–water partition coefficient (Wildman–Crippen LogP) is 4.64. The van der Waals surface area contributed by atoms with E-state index in [1.54, 1.807) is 11.3 Å². The van der Waals surface area contributed by atoms with E-state index in [-0.39, 0.29) is 18.9 Å². The van der Waals surface area contributed by atoms with Crippen LogP contribution in [0.25, 0.3) is 0 Å². The van der Waals surface area contributed by atoms with E-state index in [0.717, 1.165) is 52.1 Å². The van der Waals surface area contributed by atoms with E-state index in [0.29, 0.717) is 12.3 Å². The van der Waals surface area contributed by atoms with Gasteiger partial charge in [-0.05, 0) is 72.2 Å². The van der Waals surface area contributed by atoms with Crippen LogP contribution in [0.5, 0.6) is 5.75 Å². The molecule has 1 aromatic carbocycles. The molecule has 1 unspecified atom stereocenters. The van der Waals surface area contributed by atoms with Crippen molar-refractivity contribution in [1.82, 2.24) is 0 Å². The second-order valence-corrected chi connectivity index (χ2v) is 9.07. The van der Waals surface area contributed by atoms with Crippen LogP contribution in [0.15, 0.2) is 17.5 Å². The molecule has 0 amide bonds. The maximum absolute atomic E-state index is 12.8. The van der Waals surface area contributed by atoms with Crippen LogP contribution >= 0.6 is 11.3 Å². The maximum Gasteiger partial charge on any atom is 0.173 e. The van der Waals surface area contributed by atoms with Gasteiger partial charge in [0.25, 0.3) is 0 Å². The van der Waals surface area contributed by atoms with Crippen LogP contribution in [0, 0.1) is 19.8 Å². The predicted molar refractivity (Wildman–Crippen MR) is 121 cm³/mol. The minimum absolute atomic E-state index is 0.182. The lowest BCUT2D eigenvalue weighted by Crippen LogP contribution is -2.27. The number of thiophene rings is 1. The van der Waals surface area contributed by atoms with E-state index in [9.17, 15) is 9.90 Å².